The number of carbonyl (C=O) groups is 1. The zero-order valence-electron chi connectivity index (χ0n) is 19.0. The summed E-state index contributed by atoms with van der Waals surface area (Å²) in [5.74, 6) is 1.88. The molecule has 1 N–H and O–H groups in total. The van der Waals surface area contributed by atoms with Crippen molar-refractivity contribution in [2.75, 3.05) is 33.1 Å². The number of fused-ring (bicyclic) bond motifs is 4. The van der Waals surface area contributed by atoms with Crippen molar-refractivity contribution in [3.8, 4) is 17.2 Å². The maximum absolute atomic E-state index is 12.3. The van der Waals surface area contributed by atoms with Crippen LogP contribution in [0.2, 0.25) is 0 Å². The fourth-order valence-corrected chi connectivity index (χ4v) is 4.94. The summed E-state index contributed by atoms with van der Waals surface area (Å²) in [4.78, 5) is 13.8. The molecular formula is C25H28N4O3. The molecule has 2 aliphatic rings. The number of ether oxygens (including phenoxy) is 2. The number of rotatable bonds is 3. The lowest BCUT2D eigenvalue weighted by Gasteiger charge is -2.48. The Labute approximate surface area is 187 Å². The van der Waals surface area contributed by atoms with Crippen molar-refractivity contribution >= 4 is 11.6 Å². The molecule has 0 unspecified atom stereocenters. The molecule has 1 amide bonds. The van der Waals surface area contributed by atoms with E-state index in [4.69, 9.17) is 9.47 Å². The quantitative estimate of drug-likeness (QED) is 0.677. The van der Waals surface area contributed by atoms with Crippen molar-refractivity contribution in [1.29, 1.82) is 0 Å². The molecule has 7 heteroatoms. The Morgan fingerprint density at radius 2 is 2.09 bits per heavy atom. The summed E-state index contributed by atoms with van der Waals surface area (Å²) in [6.07, 6.45) is 3.39. The van der Waals surface area contributed by atoms with Gasteiger partial charge in [-0.3, -0.25) is 4.79 Å². The zero-order chi connectivity index (χ0) is 22.6. The molecule has 2 atom stereocenters. The molecule has 32 heavy (non-hydrogen) atoms. The van der Waals surface area contributed by atoms with Crippen LogP contribution in [0.15, 0.2) is 48.8 Å². The standard InChI is InChI=1S/C25H28N4O3/c1-25(2)17-11-16(29-13-15(12-26-29)24(30)28(3)4)9-10-19(17)27-23-18(25)14-32-21-8-6-7-20(31-5)22(21)23/h6-13,18,23,27H,14H2,1-5H3/t18-,23-/m1/s1. The van der Waals surface area contributed by atoms with E-state index in [0.29, 0.717) is 12.2 Å². The van der Waals surface area contributed by atoms with Crippen LogP contribution < -0.4 is 14.8 Å². The number of hydrogen-bond donors (Lipinski definition) is 1. The normalized spacial score (nSPS) is 20.2. The van der Waals surface area contributed by atoms with Gasteiger partial charge < -0.3 is 19.7 Å². The van der Waals surface area contributed by atoms with Crippen LogP contribution in [0.5, 0.6) is 11.5 Å². The summed E-state index contributed by atoms with van der Waals surface area (Å²) in [5.41, 5.74) is 4.70. The highest BCUT2D eigenvalue weighted by atomic mass is 16.5. The van der Waals surface area contributed by atoms with Crippen molar-refractivity contribution < 1.29 is 14.3 Å². The van der Waals surface area contributed by atoms with E-state index in [1.165, 1.54) is 5.56 Å². The van der Waals surface area contributed by atoms with E-state index in [9.17, 15) is 4.79 Å². The number of aromatic nitrogens is 2. The molecule has 2 aromatic carbocycles. The van der Waals surface area contributed by atoms with Gasteiger partial charge in [0.2, 0.25) is 0 Å². The molecule has 0 fully saturated rings. The Kier molecular flexibility index (Phi) is 4.65. The lowest BCUT2D eigenvalue weighted by atomic mass is 9.65. The number of amides is 1. The summed E-state index contributed by atoms with van der Waals surface area (Å²) < 4.78 is 13.6. The minimum absolute atomic E-state index is 0.0639. The molecule has 166 valence electrons. The Morgan fingerprint density at radius 1 is 1.28 bits per heavy atom. The predicted molar refractivity (Wildman–Crippen MR) is 123 cm³/mol. The van der Waals surface area contributed by atoms with Gasteiger partial charge >= 0.3 is 0 Å². The number of benzene rings is 2. The van der Waals surface area contributed by atoms with Crippen LogP contribution >= 0.6 is 0 Å². The summed E-state index contributed by atoms with van der Waals surface area (Å²) in [7, 11) is 5.18. The zero-order valence-corrected chi connectivity index (χ0v) is 19.0. The summed E-state index contributed by atoms with van der Waals surface area (Å²) in [6, 6.07) is 12.3. The maximum atomic E-state index is 12.3. The van der Waals surface area contributed by atoms with Crippen LogP contribution in [0, 0.1) is 5.92 Å². The van der Waals surface area contributed by atoms with Gasteiger partial charge in [-0.15, -0.1) is 0 Å². The first-order valence-corrected chi connectivity index (χ1v) is 10.8. The first kappa shape index (κ1) is 20.4. The van der Waals surface area contributed by atoms with Gasteiger partial charge in [0.1, 0.15) is 11.5 Å². The van der Waals surface area contributed by atoms with Crippen LogP contribution in [0.1, 0.15) is 41.4 Å². The van der Waals surface area contributed by atoms with Crippen LogP contribution in [0.4, 0.5) is 5.69 Å². The molecule has 0 saturated heterocycles. The second kappa shape index (κ2) is 7.29. The average molecular weight is 433 g/mol. The highest BCUT2D eigenvalue weighted by Gasteiger charge is 2.47. The van der Waals surface area contributed by atoms with Crippen LogP contribution in [0.25, 0.3) is 5.69 Å². The Morgan fingerprint density at radius 3 is 2.84 bits per heavy atom. The van der Waals surface area contributed by atoms with E-state index in [1.54, 1.807) is 43.2 Å². The first-order valence-electron chi connectivity index (χ1n) is 10.8. The van der Waals surface area contributed by atoms with E-state index in [0.717, 1.165) is 28.4 Å². The highest BCUT2D eigenvalue weighted by Crippen LogP contribution is 2.54. The molecule has 1 aromatic heterocycles. The summed E-state index contributed by atoms with van der Waals surface area (Å²) in [6.45, 7) is 5.15. The molecule has 5 rings (SSSR count). The minimum Gasteiger partial charge on any atom is -0.496 e. The third-order valence-corrected chi connectivity index (χ3v) is 6.81. The van der Waals surface area contributed by atoms with Gasteiger partial charge in [-0.1, -0.05) is 19.9 Å². The number of anilines is 1. The number of carbonyl (C=O) groups excluding carboxylic acids is 1. The smallest absolute Gasteiger partial charge is 0.256 e. The van der Waals surface area contributed by atoms with Gasteiger partial charge in [0.25, 0.3) is 5.91 Å². The molecule has 2 aliphatic heterocycles. The number of nitrogens with zero attached hydrogens (tertiary/aromatic N) is 3. The Balaban J connectivity index is 1.55. The fraction of sp³-hybridized carbons (Fsp3) is 0.360. The van der Waals surface area contributed by atoms with E-state index in [2.05, 4.69) is 36.4 Å². The van der Waals surface area contributed by atoms with E-state index in [1.807, 2.05) is 24.3 Å². The lowest BCUT2D eigenvalue weighted by Crippen LogP contribution is -2.46. The largest absolute Gasteiger partial charge is 0.496 e. The summed E-state index contributed by atoms with van der Waals surface area (Å²) >= 11 is 0. The molecule has 0 spiro atoms. The molecule has 0 radical (unpaired) electrons. The van der Waals surface area contributed by atoms with Crippen molar-refractivity contribution in [1.82, 2.24) is 14.7 Å². The lowest BCUT2D eigenvalue weighted by molar-refractivity contribution is 0.0827. The van der Waals surface area contributed by atoms with Gasteiger partial charge in [-0.05, 0) is 35.9 Å². The summed E-state index contributed by atoms with van der Waals surface area (Å²) in [5, 5.41) is 8.18. The van der Waals surface area contributed by atoms with Crippen molar-refractivity contribution in [2.45, 2.75) is 25.3 Å². The van der Waals surface area contributed by atoms with E-state index in [-0.39, 0.29) is 23.3 Å². The van der Waals surface area contributed by atoms with Crippen molar-refractivity contribution in [3.05, 3.63) is 65.5 Å². The third-order valence-electron chi connectivity index (χ3n) is 6.81. The van der Waals surface area contributed by atoms with Crippen LogP contribution in [-0.4, -0.2) is 48.4 Å². The topological polar surface area (TPSA) is 68.6 Å². The van der Waals surface area contributed by atoms with Gasteiger partial charge in [0.05, 0.1) is 42.8 Å². The van der Waals surface area contributed by atoms with Crippen molar-refractivity contribution in [2.24, 2.45) is 5.92 Å². The molecule has 0 aliphatic carbocycles. The second-order valence-electron chi connectivity index (χ2n) is 9.24. The van der Waals surface area contributed by atoms with Crippen LogP contribution in [0.3, 0.4) is 0 Å². The number of hydrogen-bond acceptors (Lipinski definition) is 5. The second-order valence-corrected chi connectivity index (χ2v) is 9.24. The van der Waals surface area contributed by atoms with Crippen LogP contribution in [-0.2, 0) is 5.41 Å². The number of methoxy groups -OCH3 is 1. The minimum atomic E-state index is -0.157. The fourth-order valence-electron chi connectivity index (χ4n) is 4.94. The van der Waals surface area contributed by atoms with Gasteiger partial charge in [-0.2, -0.15) is 5.10 Å². The SMILES string of the molecule is COc1cccc2c1[C@@H]1Nc3ccc(-n4cc(C(=O)N(C)C)cn4)cc3C(C)(C)[C@@H]1CO2. The molecule has 3 heterocycles. The third kappa shape index (κ3) is 3.03. The van der Waals surface area contributed by atoms with E-state index < -0.39 is 0 Å². The molecule has 3 aromatic rings. The molecule has 0 bridgehead atoms. The maximum Gasteiger partial charge on any atom is 0.256 e. The molecular weight excluding hydrogens is 404 g/mol. The molecule has 7 nitrogen and oxygen atoms in total. The highest BCUT2D eigenvalue weighted by molar-refractivity contribution is 5.93. The number of nitrogens with one attached hydrogen (secondary N) is 1. The first-order chi connectivity index (χ1) is 15.3. The van der Waals surface area contributed by atoms with Gasteiger partial charge in [0, 0.05) is 37.3 Å². The predicted octanol–water partition coefficient (Wildman–Crippen LogP) is 4.04. The van der Waals surface area contributed by atoms with Gasteiger partial charge in [0.15, 0.2) is 0 Å². The Hall–Kier alpha value is -3.48. The van der Waals surface area contributed by atoms with Crippen molar-refractivity contribution in [3.63, 3.8) is 0 Å². The van der Waals surface area contributed by atoms with E-state index >= 15 is 0 Å². The monoisotopic (exact) mass is 432 g/mol. The van der Waals surface area contributed by atoms with Gasteiger partial charge in [-0.25, -0.2) is 4.68 Å². The average Bonchev–Trinajstić information content (AvgIpc) is 3.28. The Bertz CT molecular complexity index is 1180. The molecule has 0 saturated carbocycles.